The Balaban J connectivity index is 1.25. The van der Waals surface area contributed by atoms with Crippen molar-refractivity contribution in [2.75, 3.05) is 34.3 Å². The van der Waals surface area contributed by atoms with E-state index in [0.29, 0.717) is 23.3 Å². The molecule has 39 heavy (non-hydrogen) atoms. The Morgan fingerprint density at radius 1 is 0.949 bits per heavy atom. The SMILES string of the molecule is CS(=O)(=O)Nc1cccc(-c2ccnc(N[C@@H]3CCCC[C@H]3N[C@H]3CCCN(c4ccc(C#N)cc4)C3)c2)c1. The highest BCUT2D eigenvalue weighted by Gasteiger charge is 2.29. The molecule has 1 saturated heterocycles. The summed E-state index contributed by atoms with van der Waals surface area (Å²) in [7, 11) is -3.34. The molecule has 204 valence electrons. The van der Waals surface area contributed by atoms with Gasteiger partial charge in [-0.1, -0.05) is 25.0 Å². The lowest BCUT2D eigenvalue weighted by Crippen LogP contribution is -2.54. The van der Waals surface area contributed by atoms with Gasteiger partial charge < -0.3 is 15.5 Å². The fraction of sp³-hybridized carbons (Fsp3) is 0.400. The van der Waals surface area contributed by atoms with E-state index in [1.807, 2.05) is 42.5 Å². The Kier molecular flexibility index (Phi) is 8.34. The molecule has 3 aromatic rings. The normalized spacial score (nSPS) is 21.6. The van der Waals surface area contributed by atoms with Crippen LogP contribution in [0.25, 0.3) is 11.1 Å². The minimum Gasteiger partial charge on any atom is -0.370 e. The number of pyridine rings is 1. The van der Waals surface area contributed by atoms with Gasteiger partial charge in [0.15, 0.2) is 0 Å². The largest absolute Gasteiger partial charge is 0.370 e. The van der Waals surface area contributed by atoms with Crippen molar-refractivity contribution in [1.29, 1.82) is 5.26 Å². The Labute approximate surface area is 231 Å². The van der Waals surface area contributed by atoms with Crippen molar-refractivity contribution in [1.82, 2.24) is 10.3 Å². The van der Waals surface area contributed by atoms with Gasteiger partial charge in [0, 0.05) is 48.8 Å². The molecular formula is C30H36N6O2S. The van der Waals surface area contributed by atoms with Gasteiger partial charge in [0.1, 0.15) is 5.82 Å². The van der Waals surface area contributed by atoms with Crippen LogP contribution in [0, 0.1) is 11.3 Å². The van der Waals surface area contributed by atoms with Crippen LogP contribution in [0.1, 0.15) is 44.1 Å². The molecule has 3 atom stereocenters. The predicted octanol–water partition coefficient (Wildman–Crippen LogP) is 4.97. The van der Waals surface area contributed by atoms with Crippen molar-refractivity contribution >= 4 is 27.2 Å². The lowest BCUT2D eigenvalue weighted by molar-refractivity contribution is 0.293. The summed E-state index contributed by atoms with van der Waals surface area (Å²) in [4.78, 5) is 7.03. The van der Waals surface area contributed by atoms with Crippen molar-refractivity contribution in [3.63, 3.8) is 0 Å². The van der Waals surface area contributed by atoms with Gasteiger partial charge in [-0.2, -0.15) is 5.26 Å². The average Bonchev–Trinajstić information content (AvgIpc) is 2.94. The second-order valence-electron chi connectivity index (χ2n) is 10.6. The van der Waals surface area contributed by atoms with E-state index in [9.17, 15) is 8.42 Å². The third-order valence-electron chi connectivity index (χ3n) is 7.59. The number of nitrogens with zero attached hydrogens (tertiary/aromatic N) is 3. The highest BCUT2D eigenvalue weighted by molar-refractivity contribution is 7.92. The summed E-state index contributed by atoms with van der Waals surface area (Å²) < 4.78 is 25.9. The molecule has 0 bridgehead atoms. The van der Waals surface area contributed by atoms with E-state index in [1.54, 1.807) is 12.3 Å². The molecule has 1 saturated carbocycles. The van der Waals surface area contributed by atoms with E-state index in [2.05, 4.69) is 43.4 Å². The average molecular weight is 545 g/mol. The third-order valence-corrected chi connectivity index (χ3v) is 8.20. The third kappa shape index (κ3) is 7.28. The van der Waals surface area contributed by atoms with E-state index >= 15 is 0 Å². The van der Waals surface area contributed by atoms with Crippen LogP contribution in [-0.4, -0.2) is 50.9 Å². The van der Waals surface area contributed by atoms with Crippen LogP contribution in [0.3, 0.4) is 0 Å². The summed E-state index contributed by atoms with van der Waals surface area (Å²) in [5.41, 5.74) is 4.32. The van der Waals surface area contributed by atoms with Gasteiger partial charge in [-0.25, -0.2) is 13.4 Å². The monoisotopic (exact) mass is 544 g/mol. The number of sulfonamides is 1. The number of hydrogen-bond donors (Lipinski definition) is 3. The number of piperidine rings is 1. The molecule has 2 aromatic carbocycles. The number of anilines is 3. The number of nitriles is 1. The van der Waals surface area contributed by atoms with Gasteiger partial charge in [-0.05, 0) is 85.3 Å². The fourth-order valence-electron chi connectivity index (χ4n) is 5.76. The van der Waals surface area contributed by atoms with Crippen LogP contribution in [0.2, 0.25) is 0 Å². The molecule has 2 fully saturated rings. The first-order valence-electron chi connectivity index (χ1n) is 13.7. The summed E-state index contributed by atoms with van der Waals surface area (Å²) in [5.74, 6) is 0.829. The summed E-state index contributed by atoms with van der Waals surface area (Å²) in [6, 6.07) is 22.5. The molecule has 2 heterocycles. The van der Waals surface area contributed by atoms with Crippen LogP contribution in [-0.2, 0) is 10.0 Å². The molecular weight excluding hydrogens is 508 g/mol. The molecule has 5 rings (SSSR count). The van der Waals surface area contributed by atoms with Crippen LogP contribution in [0.5, 0.6) is 0 Å². The highest BCUT2D eigenvalue weighted by Crippen LogP contribution is 2.28. The molecule has 0 radical (unpaired) electrons. The first kappa shape index (κ1) is 27.0. The first-order valence-corrected chi connectivity index (χ1v) is 15.6. The van der Waals surface area contributed by atoms with Crippen molar-refractivity contribution < 1.29 is 8.42 Å². The minimum absolute atomic E-state index is 0.282. The van der Waals surface area contributed by atoms with Crippen LogP contribution in [0.15, 0.2) is 66.9 Å². The van der Waals surface area contributed by atoms with Gasteiger partial charge in [0.05, 0.1) is 17.9 Å². The quantitative estimate of drug-likeness (QED) is 0.367. The van der Waals surface area contributed by atoms with E-state index in [-0.39, 0.29) is 6.04 Å². The number of rotatable bonds is 8. The molecule has 1 aliphatic carbocycles. The molecule has 2 aliphatic rings. The maximum absolute atomic E-state index is 11.7. The number of hydrogen-bond acceptors (Lipinski definition) is 7. The molecule has 0 unspecified atom stereocenters. The molecule has 1 aromatic heterocycles. The van der Waals surface area contributed by atoms with Crippen molar-refractivity contribution in [3.8, 4) is 17.2 Å². The van der Waals surface area contributed by atoms with Gasteiger partial charge >= 0.3 is 0 Å². The van der Waals surface area contributed by atoms with Crippen molar-refractivity contribution in [2.45, 2.75) is 56.7 Å². The lowest BCUT2D eigenvalue weighted by atomic mass is 9.89. The number of aromatic nitrogens is 1. The van der Waals surface area contributed by atoms with Crippen molar-refractivity contribution in [2.24, 2.45) is 0 Å². The topological polar surface area (TPSA) is 110 Å². The zero-order valence-electron chi connectivity index (χ0n) is 22.3. The Morgan fingerprint density at radius 2 is 1.72 bits per heavy atom. The van der Waals surface area contributed by atoms with Crippen molar-refractivity contribution in [3.05, 3.63) is 72.4 Å². The highest BCUT2D eigenvalue weighted by atomic mass is 32.2. The maximum atomic E-state index is 11.7. The summed E-state index contributed by atoms with van der Waals surface area (Å²) in [6.07, 6.45) is 9.87. The van der Waals surface area contributed by atoms with Gasteiger partial charge in [0.2, 0.25) is 10.0 Å². The van der Waals surface area contributed by atoms with E-state index in [0.717, 1.165) is 62.0 Å². The predicted molar refractivity (Wildman–Crippen MR) is 157 cm³/mol. The summed E-state index contributed by atoms with van der Waals surface area (Å²) in [6.45, 7) is 1.99. The maximum Gasteiger partial charge on any atom is 0.229 e. The molecule has 0 amide bonds. The Hall–Kier alpha value is -3.61. The second kappa shape index (κ2) is 12.1. The van der Waals surface area contributed by atoms with Crippen LogP contribution >= 0.6 is 0 Å². The minimum atomic E-state index is -3.34. The summed E-state index contributed by atoms with van der Waals surface area (Å²) in [5, 5.41) is 16.8. The van der Waals surface area contributed by atoms with Crippen LogP contribution in [0.4, 0.5) is 17.2 Å². The standard InChI is InChI=1S/C30H36N6O2S/c1-39(37,38)35-25-7-4-6-23(18-25)24-15-16-32-30(19-24)34-29-10-3-2-9-28(29)33-26-8-5-17-36(21-26)27-13-11-22(20-31)12-14-27/h4,6-7,11-16,18-19,26,28-29,33,35H,2-3,5,8-10,17,21H2,1H3,(H,32,34)/t26-,28+,29+/m0/s1. The van der Waals surface area contributed by atoms with Gasteiger partial charge in [0.25, 0.3) is 0 Å². The zero-order valence-corrected chi connectivity index (χ0v) is 23.1. The summed E-state index contributed by atoms with van der Waals surface area (Å²) >= 11 is 0. The zero-order chi connectivity index (χ0) is 27.2. The fourth-order valence-corrected chi connectivity index (χ4v) is 6.31. The van der Waals surface area contributed by atoms with E-state index in [4.69, 9.17) is 5.26 Å². The molecule has 1 aliphatic heterocycles. The molecule has 8 nitrogen and oxygen atoms in total. The second-order valence-corrected chi connectivity index (χ2v) is 12.4. The lowest BCUT2D eigenvalue weighted by Gasteiger charge is -2.40. The van der Waals surface area contributed by atoms with E-state index in [1.165, 1.54) is 18.5 Å². The number of nitrogens with one attached hydrogen (secondary N) is 3. The van der Waals surface area contributed by atoms with Gasteiger partial charge in [-0.15, -0.1) is 0 Å². The smallest absolute Gasteiger partial charge is 0.229 e. The number of benzene rings is 2. The Morgan fingerprint density at radius 3 is 2.49 bits per heavy atom. The molecule has 3 N–H and O–H groups in total. The van der Waals surface area contributed by atoms with Gasteiger partial charge in [-0.3, -0.25) is 4.72 Å². The Bertz CT molecular complexity index is 1420. The molecule has 0 spiro atoms. The van der Waals surface area contributed by atoms with Crippen LogP contribution < -0.4 is 20.3 Å². The molecule has 9 heteroatoms. The first-order chi connectivity index (χ1) is 18.9. The van der Waals surface area contributed by atoms with E-state index < -0.39 is 10.0 Å².